The molecule has 0 aromatic rings. The molecular weight excluding hydrogens is 236 g/mol. The molecule has 0 aromatic carbocycles. The van der Waals surface area contributed by atoms with E-state index in [0.717, 1.165) is 12.5 Å². The van der Waals surface area contributed by atoms with E-state index in [4.69, 9.17) is 4.74 Å². The highest BCUT2D eigenvalue weighted by molar-refractivity contribution is 5.03. The second-order valence-corrected chi connectivity index (χ2v) is 7.15. The summed E-state index contributed by atoms with van der Waals surface area (Å²) in [7, 11) is 2.23. The molecule has 2 fully saturated rings. The third-order valence-electron chi connectivity index (χ3n) is 5.48. The Labute approximate surface area is 119 Å². The predicted octanol–water partition coefficient (Wildman–Crippen LogP) is 2.51. The highest BCUT2D eigenvalue weighted by atomic mass is 16.5. The zero-order chi connectivity index (χ0) is 14.0. The van der Waals surface area contributed by atoms with Crippen LogP contribution < -0.4 is 5.32 Å². The van der Waals surface area contributed by atoms with Crippen LogP contribution in [-0.2, 0) is 4.74 Å². The van der Waals surface area contributed by atoms with Gasteiger partial charge >= 0.3 is 0 Å². The SMILES string of the molecule is CCOC1CC(NC(C)C2CCN(C)CC2)C1(C)C. The molecule has 1 N–H and O–H groups in total. The van der Waals surface area contributed by atoms with E-state index in [9.17, 15) is 0 Å². The van der Waals surface area contributed by atoms with Crippen LogP contribution in [0.4, 0.5) is 0 Å². The number of nitrogens with zero attached hydrogens (tertiary/aromatic N) is 1. The predicted molar refractivity (Wildman–Crippen MR) is 80.4 cm³/mol. The second kappa shape index (κ2) is 6.11. The highest BCUT2D eigenvalue weighted by Gasteiger charge is 2.49. The van der Waals surface area contributed by atoms with Gasteiger partial charge in [-0.25, -0.2) is 0 Å². The zero-order valence-corrected chi connectivity index (χ0v) is 13.4. The van der Waals surface area contributed by atoms with Crippen LogP contribution in [0.5, 0.6) is 0 Å². The molecule has 3 unspecified atom stereocenters. The lowest BCUT2D eigenvalue weighted by molar-refractivity contribution is -0.117. The number of likely N-dealkylation sites (tertiary alicyclic amines) is 1. The van der Waals surface area contributed by atoms with E-state index in [-0.39, 0.29) is 5.41 Å². The molecule has 0 aromatic heterocycles. The van der Waals surface area contributed by atoms with E-state index in [1.54, 1.807) is 0 Å². The van der Waals surface area contributed by atoms with Gasteiger partial charge in [0.15, 0.2) is 0 Å². The maximum absolute atomic E-state index is 5.82. The maximum Gasteiger partial charge on any atom is 0.0655 e. The van der Waals surface area contributed by atoms with Gasteiger partial charge in [0.05, 0.1) is 6.10 Å². The van der Waals surface area contributed by atoms with Gasteiger partial charge in [-0.1, -0.05) is 13.8 Å². The van der Waals surface area contributed by atoms with Crippen LogP contribution >= 0.6 is 0 Å². The van der Waals surface area contributed by atoms with Crippen molar-refractivity contribution >= 4 is 0 Å². The lowest BCUT2D eigenvalue weighted by Crippen LogP contribution is -2.63. The molecule has 19 heavy (non-hydrogen) atoms. The van der Waals surface area contributed by atoms with Gasteiger partial charge in [-0.05, 0) is 59.2 Å². The van der Waals surface area contributed by atoms with Gasteiger partial charge in [0.25, 0.3) is 0 Å². The van der Waals surface area contributed by atoms with Crippen molar-refractivity contribution in [1.82, 2.24) is 10.2 Å². The molecule has 3 heteroatoms. The standard InChI is InChI=1S/C16H32N2O/c1-6-19-15-11-14(16(15,3)4)17-12(2)13-7-9-18(5)10-8-13/h12-15,17H,6-11H2,1-5H3. The number of rotatable bonds is 5. The number of nitrogens with one attached hydrogen (secondary N) is 1. The van der Waals surface area contributed by atoms with Crippen LogP contribution in [0.2, 0.25) is 0 Å². The van der Waals surface area contributed by atoms with Crippen LogP contribution in [0, 0.1) is 11.3 Å². The normalized spacial score (nSPS) is 33.9. The molecule has 2 rings (SSSR count). The number of piperidine rings is 1. The van der Waals surface area contributed by atoms with Gasteiger partial charge in [-0.2, -0.15) is 0 Å². The van der Waals surface area contributed by atoms with E-state index < -0.39 is 0 Å². The number of hydrogen-bond acceptors (Lipinski definition) is 3. The third-order valence-corrected chi connectivity index (χ3v) is 5.48. The Morgan fingerprint density at radius 2 is 1.95 bits per heavy atom. The minimum absolute atomic E-state index is 0.287. The number of ether oxygens (including phenoxy) is 1. The molecule has 0 bridgehead atoms. The molecule has 0 amide bonds. The first-order valence-corrected chi connectivity index (χ1v) is 8.01. The fourth-order valence-corrected chi connectivity index (χ4v) is 3.63. The second-order valence-electron chi connectivity index (χ2n) is 7.15. The summed E-state index contributed by atoms with van der Waals surface area (Å²) >= 11 is 0. The molecule has 1 aliphatic heterocycles. The molecule has 1 aliphatic carbocycles. The summed E-state index contributed by atoms with van der Waals surface area (Å²) in [5, 5.41) is 3.88. The van der Waals surface area contributed by atoms with Gasteiger partial charge in [0, 0.05) is 24.1 Å². The van der Waals surface area contributed by atoms with Gasteiger partial charge in [-0.15, -0.1) is 0 Å². The summed E-state index contributed by atoms with van der Waals surface area (Å²) in [6.07, 6.45) is 4.30. The van der Waals surface area contributed by atoms with Gasteiger partial charge in [-0.3, -0.25) is 0 Å². The van der Waals surface area contributed by atoms with Crippen molar-refractivity contribution < 1.29 is 4.74 Å². The Morgan fingerprint density at radius 1 is 1.32 bits per heavy atom. The molecule has 3 nitrogen and oxygen atoms in total. The molecule has 2 aliphatic rings. The summed E-state index contributed by atoms with van der Waals surface area (Å²) in [6, 6.07) is 1.26. The fourth-order valence-electron chi connectivity index (χ4n) is 3.63. The van der Waals surface area contributed by atoms with E-state index in [1.807, 2.05) is 0 Å². The van der Waals surface area contributed by atoms with Crippen molar-refractivity contribution in [2.45, 2.75) is 65.1 Å². The zero-order valence-electron chi connectivity index (χ0n) is 13.4. The van der Waals surface area contributed by atoms with Crippen molar-refractivity contribution in [2.75, 3.05) is 26.7 Å². The average Bonchev–Trinajstić information content (AvgIpc) is 2.38. The molecule has 0 spiro atoms. The molecule has 1 saturated carbocycles. The first-order valence-electron chi connectivity index (χ1n) is 8.01. The topological polar surface area (TPSA) is 24.5 Å². The minimum atomic E-state index is 0.287. The summed E-state index contributed by atoms with van der Waals surface area (Å²) < 4.78 is 5.82. The Morgan fingerprint density at radius 3 is 2.47 bits per heavy atom. The monoisotopic (exact) mass is 268 g/mol. The quantitative estimate of drug-likeness (QED) is 0.829. The number of hydrogen-bond donors (Lipinski definition) is 1. The van der Waals surface area contributed by atoms with Gasteiger partial charge in [0.1, 0.15) is 0 Å². The Hall–Kier alpha value is -0.120. The molecule has 112 valence electrons. The Balaban J connectivity index is 1.79. The van der Waals surface area contributed by atoms with Crippen LogP contribution in [0.25, 0.3) is 0 Å². The molecule has 1 saturated heterocycles. The smallest absolute Gasteiger partial charge is 0.0655 e. The van der Waals surface area contributed by atoms with Crippen LogP contribution in [0.3, 0.4) is 0 Å². The van der Waals surface area contributed by atoms with Crippen molar-refractivity contribution in [3.63, 3.8) is 0 Å². The fraction of sp³-hybridized carbons (Fsp3) is 1.00. The van der Waals surface area contributed by atoms with E-state index >= 15 is 0 Å². The van der Waals surface area contributed by atoms with Crippen molar-refractivity contribution in [3.05, 3.63) is 0 Å². The first kappa shape index (κ1) is 15.3. The minimum Gasteiger partial charge on any atom is -0.378 e. The van der Waals surface area contributed by atoms with E-state index in [2.05, 4.69) is 45.0 Å². The van der Waals surface area contributed by atoms with Crippen molar-refractivity contribution in [3.8, 4) is 0 Å². The maximum atomic E-state index is 5.82. The van der Waals surface area contributed by atoms with Crippen molar-refractivity contribution in [1.29, 1.82) is 0 Å². The average molecular weight is 268 g/mol. The summed E-state index contributed by atoms with van der Waals surface area (Å²) in [4.78, 5) is 2.45. The summed E-state index contributed by atoms with van der Waals surface area (Å²) in [6.45, 7) is 12.5. The molecule has 3 atom stereocenters. The summed E-state index contributed by atoms with van der Waals surface area (Å²) in [5.41, 5.74) is 0.287. The van der Waals surface area contributed by atoms with E-state index in [0.29, 0.717) is 18.2 Å². The van der Waals surface area contributed by atoms with E-state index in [1.165, 1.54) is 32.4 Å². The lowest BCUT2D eigenvalue weighted by Gasteiger charge is -2.53. The van der Waals surface area contributed by atoms with Crippen molar-refractivity contribution in [2.24, 2.45) is 11.3 Å². The highest BCUT2D eigenvalue weighted by Crippen LogP contribution is 2.43. The first-order chi connectivity index (χ1) is 8.95. The Bertz CT molecular complexity index is 284. The third kappa shape index (κ3) is 3.32. The van der Waals surface area contributed by atoms with Crippen LogP contribution in [-0.4, -0.2) is 49.8 Å². The van der Waals surface area contributed by atoms with Gasteiger partial charge < -0.3 is 15.0 Å². The largest absolute Gasteiger partial charge is 0.378 e. The van der Waals surface area contributed by atoms with Crippen LogP contribution in [0.1, 0.15) is 47.0 Å². The summed E-state index contributed by atoms with van der Waals surface area (Å²) in [5.74, 6) is 0.846. The molecule has 1 heterocycles. The molecular formula is C16H32N2O. The Kier molecular flexibility index (Phi) is 4.91. The lowest BCUT2D eigenvalue weighted by atomic mass is 9.64. The molecule has 0 radical (unpaired) electrons. The van der Waals surface area contributed by atoms with Crippen LogP contribution in [0.15, 0.2) is 0 Å². The van der Waals surface area contributed by atoms with Gasteiger partial charge in [0.2, 0.25) is 0 Å².